The fourth-order valence-electron chi connectivity index (χ4n) is 1.95. The number of nitrogen functional groups attached to an aromatic ring is 1. The summed E-state index contributed by atoms with van der Waals surface area (Å²) in [6.45, 7) is 0. The van der Waals surface area contributed by atoms with Gasteiger partial charge < -0.3 is 5.73 Å². The molecule has 1 heterocycles. The first-order valence-corrected chi connectivity index (χ1v) is 4.94. The Kier molecular flexibility index (Phi) is 2.36. The van der Waals surface area contributed by atoms with E-state index in [1.54, 1.807) is 0 Å². The summed E-state index contributed by atoms with van der Waals surface area (Å²) in [5.74, 6) is 1.09. The molecular formula is C9H12ClN3. The summed E-state index contributed by atoms with van der Waals surface area (Å²) in [6, 6.07) is 1.85. The van der Waals surface area contributed by atoms with Crippen molar-refractivity contribution in [3.8, 4) is 0 Å². The molecule has 0 aliphatic heterocycles. The van der Waals surface area contributed by atoms with Gasteiger partial charge in [-0.1, -0.05) is 24.4 Å². The number of nitrogens with zero attached hydrogens (tertiary/aromatic N) is 2. The maximum atomic E-state index is 5.77. The van der Waals surface area contributed by atoms with E-state index < -0.39 is 0 Å². The second-order valence-electron chi connectivity index (χ2n) is 3.49. The Morgan fingerprint density at radius 3 is 2.69 bits per heavy atom. The molecule has 1 saturated carbocycles. The van der Waals surface area contributed by atoms with Gasteiger partial charge in [-0.3, -0.25) is 0 Å². The van der Waals surface area contributed by atoms with Crippen molar-refractivity contribution >= 4 is 17.4 Å². The molecular weight excluding hydrogens is 186 g/mol. The van der Waals surface area contributed by atoms with Crippen molar-refractivity contribution in [2.24, 2.45) is 0 Å². The van der Waals surface area contributed by atoms with Crippen LogP contribution in [0.15, 0.2) is 6.07 Å². The second kappa shape index (κ2) is 3.50. The zero-order valence-electron chi connectivity index (χ0n) is 7.33. The van der Waals surface area contributed by atoms with Crippen molar-refractivity contribution in [1.82, 2.24) is 10.2 Å². The summed E-state index contributed by atoms with van der Waals surface area (Å²) in [7, 11) is 0. The van der Waals surface area contributed by atoms with Crippen molar-refractivity contribution in [3.05, 3.63) is 16.8 Å². The topological polar surface area (TPSA) is 51.8 Å². The highest BCUT2D eigenvalue weighted by Crippen LogP contribution is 2.36. The molecule has 1 aliphatic rings. The van der Waals surface area contributed by atoms with Crippen LogP contribution in [0.5, 0.6) is 0 Å². The molecule has 1 aliphatic carbocycles. The molecule has 0 atom stereocenters. The van der Waals surface area contributed by atoms with Crippen molar-refractivity contribution in [3.63, 3.8) is 0 Å². The van der Waals surface area contributed by atoms with Gasteiger partial charge in [-0.2, -0.15) is 0 Å². The lowest BCUT2D eigenvalue weighted by Gasteiger charge is -2.10. The number of anilines is 1. The second-order valence-corrected chi connectivity index (χ2v) is 3.88. The van der Waals surface area contributed by atoms with E-state index in [9.17, 15) is 0 Å². The van der Waals surface area contributed by atoms with E-state index in [1.807, 2.05) is 6.07 Å². The zero-order valence-corrected chi connectivity index (χ0v) is 8.09. The van der Waals surface area contributed by atoms with E-state index in [2.05, 4.69) is 10.2 Å². The van der Waals surface area contributed by atoms with Crippen LogP contribution in [0, 0.1) is 0 Å². The summed E-state index contributed by atoms with van der Waals surface area (Å²) in [5, 5.41) is 7.96. The summed E-state index contributed by atoms with van der Waals surface area (Å²) < 4.78 is 0. The Balaban J connectivity index is 2.32. The first-order valence-electron chi connectivity index (χ1n) is 4.56. The van der Waals surface area contributed by atoms with Crippen LogP contribution in [0.25, 0.3) is 0 Å². The Morgan fingerprint density at radius 2 is 2.00 bits per heavy atom. The molecule has 1 fully saturated rings. The number of rotatable bonds is 1. The minimum atomic E-state index is 0.441. The molecule has 2 rings (SSSR count). The monoisotopic (exact) mass is 197 g/mol. The van der Waals surface area contributed by atoms with Crippen molar-refractivity contribution in [2.75, 3.05) is 5.73 Å². The molecule has 0 bridgehead atoms. The quantitative estimate of drug-likeness (QED) is 0.752. The van der Waals surface area contributed by atoms with Gasteiger partial charge in [0.05, 0.1) is 0 Å². The number of hydrogen-bond acceptors (Lipinski definition) is 3. The number of aromatic nitrogens is 2. The first-order chi connectivity index (χ1) is 6.27. The molecule has 0 amide bonds. The molecule has 1 aromatic rings. The van der Waals surface area contributed by atoms with E-state index in [0.29, 0.717) is 16.9 Å². The van der Waals surface area contributed by atoms with Crippen molar-refractivity contribution in [1.29, 1.82) is 0 Å². The third-order valence-corrected chi connectivity index (χ3v) is 2.80. The lowest BCUT2D eigenvalue weighted by atomic mass is 9.99. The predicted octanol–water partition coefficient (Wildman–Crippen LogP) is 2.37. The standard InChI is InChI=1S/C9H12ClN3/c10-8-5-7(9(11)13-12-8)6-3-1-2-4-6/h5-6H,1-4H2,(H2,11,13). The van der Waals surface area contributed by atoms with Gasteiger partial charge in [-0.25, -0.2) is 0 Å². The molecule has 0 radical (unpaired) electrons. The van der Waals surface area contributed by atoms with E-state index in [0.717, 1.165) is 5.56 Å². The lowest BCUT2D eigenvalue weighted by Crippen LogP contribution is -2.03. The van der Waals surface area contributed by atoms with Gasteiger partial charge in [0.2, 0.25) is 0 Å². The molecule has 0 spiro atoms. The molecule has 2 N–H and O–H groups in total. The van der Waals surface area contributed by atoms with E-state index in [1.165, 1.54) is 25.7 Å². The average molecular weight is 198 g/mol. The maximum Gasteiger partial charge on any atom is 0.152 e. The van der Waals surface area contributed by atoms with Gasteiger partial charge in [0.1, 0.15) is 5.82 Å². The van der Waals surface area contributed by atoms with Gasteiger partial charge in [-0.15, -0.1) is 10.2 Å². The maximum absolute atomic E-state index is 5.77. The molecule has 70 valence electrons. The largest absolute Gasteiger partial charge is 0.382 e. The molecule has 4 heteroatoms. The van der Waals surface area contributed by atoms with Crippen LogP contribution in [-0.2, 0) is 0 Å². The van der Waals surface area contributed by atoms with Gasteiger partial charge >= 0.3 is 0 Å². The van der Waals surface area contributed by atoms with Crippen LogP contribution < -0.4 is 5.73 Å². The summed E-state index contributed by atoms with van der Waals surface area (Å²) >= 11 is 5.77. The van der Waals surface area contributed by atoms with Gasteiger partial charge in [0.25, 0.3) is 0 Å². The lowest BCUT2D eigenvalue weighted by molar-refractivity contribution is 0.718. The highest BCUT2D eigenvalue weighted by Gasteiger charge is 2.20. The molecule has 1 aromatic heterocycles. The minimum absolute atomic E-state index is 0.441. The fraction of sp³-hybridized carbons (Fsp3) is 0.556. The highest BCUT2D eigenvalue weighted by molar-refractivity contribution is 6.29. The van der Waals surface area contributed by atoms with Gasteiger partial charge in [0.15, 0.2) is 5.15 Å². The smallest absolute Gasteiger partial charge is 0.152 e. The molecule has 13 heavy (non-hydrogen) atoms. The van der Waals surface area contributed by atoms with Gasteiger partial charge in [-0.05, 0) is 24.8 Å². The molecule has 0 unspecified atom stereocenters. The van der Waals surface area contributed by atoms with Crippen molar-refractivity contribution < 1.29 is 0 Å². The average Bonchev–Trinajstić information content (AvgIpc) is 2.61. The van der Waals surface area contributed by atoms with Crippen LogP contribution in [0.3, 0.4) is 0 Å². The number of nitrogens with two attached hydrogens (primary N) is 1. The van der Waals surface area contributed by atoms with Crippen LogP contribution >= 0.6 is 11.6 Å². The molecule has 3 nitrogen and oxygen atoms in total. The predicted molar refractivity (Wildman–Crippen MR) is 52.7 cm³/mol. The van der Waals surface area contributed by atoms with Crippen molar-refractivity contribution in [2.45, 2.75) is 31.6 Å². The SMILES string of the molecule is Nc1nnc(Cl)cc1C1CCCC1. The van der Waals surface area contributed by atoms with E-state index in [4.69, 9.17) is 17.3 Å². The highest BCUT2D eigenvalue weighted by atomic mass is 35.5. The molecule has 0 aromatic carbocycles. The van der Waals surface area contributed by atoms with Crippen LogP contribution in [0.4, 0.5) is 5.82 Å². The number of hydrogen-bond donors (Lipinski definition) is 1. The Morgan fingerprint density at radius 1 is 1.31 bits per heavy atom. The fourth-order valence-corrected chi connectivity index (χ4v) is 2.11. The normalized spacial score (nSPS) is 17.9. The zero-order chi connectivity index (χ0) is 9.26. The third-order valence-electron chi connectivity index (χ3n) is 2.62. The third kappa shape index (κ3) is 1.75. The minimum Gasteiger partial charge on any atom is -0.382 e. The Hall–Kier alpha value is -0.830. The number of halogens is 1. The van der Waals surface area contributed by atoms with Crippen LogP contribution in [-0.4, -0.2) is 10.2 Å². The van der Waals surface area contributed by atoms with Crippen LogP contribution in [0.1, 0.15) is 37.2 Å². The Labute approximate surface area is 82.3 Å². The van der Waals surface area contributed by atoms with E-state index in [-0.39, 0.29) is 0 Å². The summed E-state index contributed by atoms with van der Waals surface area (Å²) in [5.41, 5.74) is 6.82. The first kappa shape index (κ1) is 8.75. The van der Waals surface area contributed by atoms with Gasteiger partial charge in [0, 0.05) is 5.56 Å². The summed E-state index contributed by atoms with van der Waals surface area (Å²) in [6.07, 6.45) is 4.96. The van der Waals surface area contributed by atoms with Crippen LogP contribution in [0.2, 0.25) is 5.15 Å². The summed E-state index contributed by atoms with van der Waals surface area (Å²) in [4.78, 5) is 0. The Bertz CT molecular complexity index is 308. The molecule has 0 saturated heterocycles. The van der Waals surface area contributed by atoms with E-state index >= 15 is 0 Å².